The van der Waals surface area contributed by atoms with Crippen LogP contribution in [0.25, 0.3) is 0 Å². The number of carbonyl (C=O) groups excluding carboxylic acids is 1. The summed E-state index contributed by atoms with van der Waals surface area (Å²) >= 11 is 11.0. The number of nitriles is 1. The number of benzene rings is 2. The Balaban J connectivity index is 1.62. The second kappa shape index (κ2) is 7.86. The lowest BCUT2D eigenvalue weighted by atomic mass is 9.80. The van der Waals surface area contributed by atoms with Gasteiger partial charge in [0.15, 0.2) is 5.11 Å². The highest BCUT2D eigenvalue weighted by molar-refractivity contribution is 7.80. The Kier molecular flexibility index (Phi) is 5.55. The summed E-state index contributed by atoms with van der Waals surface area (Å²) in [6.45, 7) is 0. The Bertz CT molecular complexity index is 850. The molecule has 26 heavy (non-hydrogen) atoms. The monoisotopic (exact) mass is 383 g/mol. The summed E-state index contributed by atoms with van der Waals surface area (Å²) in [5.74, 6) is -0.301. The molecule has 1 amide bonds. The van der Waals surface area contributed by atoms with Crippen LogP contribution in [-0.4, -0.2) is 11.0 Å². The second-order valence-corrected chi connectivity index (χ2v) is 7.24. The number of nitrogens with zero attached hydrogens (tertiary/aromatic N) is 1. The van der Waals surface area contributed by atoms with Gasteiger partial charge in [-0.3, -0.25) is 10.1 Å². The fraction of sp³-hybridized carbons (Fsp3) is 0.250. The third-order valence-electron chi connectivity index (χ3n) is 4.70. The van der Waals surface area contributed by atoms with E-state index in [4.69, 9.17) is 23.8 Å². The predicted octanol–water partition coefficient (Wildman–Crippen LogP) is 4.80. The predicted molar refractivity (Wildman–Crippen MR) is 107 cm³/mol. The van der Waals surface area contributed by atoms with E-state index in [0.29, 0.717) is 10.6 Å². The van der Waals surface area contributed by atoms with E-state index in [-0.39, 0.29) is 16.4 Å². The van der Waals surface area contributed by atoms with Crippen molar-refractivity contribution < 1.29 is 4.79 Å². The zero-order chi connectivity index (χ0) is 18.6. The van der Waals surface area contributed by atoms with Gasteiger partial charge >= 0.3 is 0 Å². The first-order valence-electron chi connectivity index (χ1n) is 8.42. The molecule has 1 fully saturated rings. The lowest BCUT2D eigenvalue weighted by molar-refractivity contribution is 0.0978. The Morgan fingerprint density at radius 3 is 2.27 bits per heavy atom. The van der Waals surface area contributed by atoms with Crippen LogP contribution in [0.3, 0.4) is 0 Å². The van der Waals surface area contributed by atoms with Gasteiger partial charge in [-0.05, 0) is 67.0 Å². The van der Waals surface area contributed by atoms with Crippen LogP contribution in [0.2, 0.25) is 5.02 Å². The standard InChI is InChI=1S/C20H18ClN3OS/c21-16-7-3-14(4-8-16)18(25)24-19(26)23-17-9-5-15(6-10-17)20(13-22)11-1-2-12-20/h3-10H,1-2,11-12H2,(H2,23,24,25,26). The van der Waals surface area contributed by atoms with E-state index in [1.54, 1.807) is 24.3 Å². The minimum absolute atomic E-state index is 0.216. The highest BCUT2D eigenvalue weighted by atomic mass is 35.5. The molecule has 1 saturated carbocycles. The molecule has 0 aromatic heterocycles. The number of hydrogen-bond donors (Lipinski definition) is 2. The van der Waals surface area contributed by atoms with Gasteiger partial charge in [0.05, 0.1) is 11.5 Å². The number of carbonyl (C=O) groups is 1. The van der Waals surface area contributed by atoms with E-state index in [1.807, 2.05) is 24.3 Å². The van der Waals surface area contributed by atoms with Gasteiger partial charge in [-0.2, -0.15) is 5.26 Å². The zero-order valence-corrected chi connectivity index (χ0v) is 15.7. The maximum absolute atomic E-state index is 12.1. The summed E-state index contributed by atoms with van der Waals surface area (Å²) < 4.78 is 0. The summed E-state index contributed by atoms with van der Waals surface area (Å²) in [4.78, 5) is 12.1. The summed E-state index contributed by atoms with van der Waals surface area (Å²) in [5.41, 5.74) is 1.92. The van der Waals surface area contributed by atoms with E-state index in [2.05, 4.69) is 16.7 Å². The van der Waals surface area contributed by atoms with Crippen LogP contribution >= 0.6 is 23.8 Å². The number of amides is 1. The Labute approximate surface area is 163 Å². The second-order valence-electron chi connectivity index (χ2n) is 6.39. The van der Waals surface area contributed by atoms with Crippen LogP contribution in [0.15, 0.2) is 48.5 Å². The van der Waals surface area contributed by atoms with Crippen LogP contribution in [0, 0.1) is 11.3 Å². The molecule has 0 bridgehead atoms. The molecule has 4 nitrogen and oxygen atoms in total. The quantitative estimate of drug-likeness (QED) is 0.747. The fourth-order valence-corrected chi connectivity index (χ4v) is 3.59. The molecule has 0 spiro atoms. The first-order chi connectivity index (χ1) is 12.5. The summed E-state index contributed by atoms with van der Waals surface area (Å²) in [6.07, 6.45) is 4.00. The Morgan fingerprint density at radius 2 is 1.69 bits per heavy atom. The molecule has 0 heterocycles. The molecule has 6 heteroatoms. The van der Waals surface area contributed by atoms with Crippen molar-refractivity contribution in [2.45, 2.75) is 31.1 Å². The molecule has 1 aliphatic carbocycles. The molecule has 0 unspecified atom stereocenters. The maximum atomic E-state index is 12.1. The average Bonchev–Trinajstić information content (AvgIpc) is 3.13. The molecular formula is C20H18ClN3OS. The Hall–Kier alpha value is -2.42. The van der Waals surface area contributed by atoms with Crippen LogP contribution in [0.5, 0.6) is 0 Å². The van der Waals surface area contributed by atoms with Gasteiger partial charge in [-0.25, -0.2) is 0 Å². The molecule has 3 rings (SSSR count). The highest BCUT2D eigenvalue weighted by Gasteiger charge is 2.35. The number of thiocarbonyl (C=S) groups is 1. The van der Waals surface area contributed by atoms with Crippen molar-refractivity contribution in [3.05, 3.63) is 64.7 Å². The van der Waals surface area contributed by atoms with E-state index in [0.717, 1.165) is 36.9 Å². The maximum Gasteiger partial charge on any atom is 0.257 e. The zero-order valence-electron chi connectivity index (χ0n) is 14.1. The third kappa shape index (κ3) is 4.04. The summed E-state index contributed by atoms with van der Waals surface area (Å²) in [6, 6.07) is 16.8. The molecule has 2 aromatic carbocycles. The van der Waals surface area contributed by atoms with E-state index in [1.165, 1.54) is 0 Å². The first kappa shape index (κ1) is 18.4. The SMILES string of the molecule is N#CC1(c2ccc(NC(=S)NC(=O)c3ccc(Cl)cc3)cc2)CCCC1. The van der Waals surface area contributed by atoms with Crippen molar-refractivity contribution in [1.82, 2.24) is 5.32 Å². The largest absolute Gasteiger partial charge is 0.332 e. The van der Waals surface area contributed by atoms with Gasteiger partial charge in [-0.15, -0.1) is 0 Å². The van der Waals surface area contributed by atoms with Crippen LogP contribution in [0.1, 0.15) is 41.6 Å². The van der Waals surface area contributed by atoms with Crippen molar-refractivity contribution >= 4 is 40.5 Å². The highest BCUT2D eigenvalue weighted by Crippen LogP contribution is 2.40. The summed E-state index contributed by atoms with van der Waals surface area (Å²) in [5, 5.41) is 16.0. The van der Waals surface area contributed by atoms with Crippen molar-refractivity contribution in [2.75, 3.05) is 5.32 Å². The number of halogens is 1. The van der Waals surface area contributed by atoms with Crippen molar-refractivity contribution in [3.8, 4) is 6.07 Å². The first-order valence-corrected chi connectivity index (χ1v) is 9.21. The van der Waals surface area contributed by atoms with Gasteiger partial charge in [0, 0.05) is 16.3 Å². The topological polar surface area (TPSA) is 64.9 Å². The van der Waals surface area contributed by atoms with Gasteiger partial charge in [0.2, 0.25) is 0 Å². The molecule has 1 aliphatic rings. The van der Waals surface area contributed by atoms with E-state index in [9.17, 15) is 10.1 Å². The summed E-state index contributed by atoms with van der Waals surface area (Å²) in [7, 11) is 0. The average molecular weight is 384 g/mol. The van der Waals surface area contributed by atoms with Crippen molar-refractivity contribution in [2.24, 2.45) is 0 Å². The number of anilines is 1. The lowest BCUT2D eigenvalue weighted by Crippen LogP contribution is -2.34. The van der Waals surface area contributed by atoms with Crippen molar-refractivity contribution in [1.29, 1.82) is 5.26 Å². The Morgan fingerprint density at radius 1 is 1.08 bits per heavy atom. The molecule has 0 atom stereocenters. The molecule has 132 valence electrons. The van der Waals surface area contributed by atoms with Crippen LogP contribution < -0.4 is 10.6 Å². The van der Waals surface area contributed by atoms with Crippen LogP contribution in [-0.2, 0) is 5.41 Å². The minimum Gasteiger partial charge on any atom is -0.332 e. The van der Waals surface area contributed by atoms with E-state index < -0.39 is 0 Å². The smallest absolute Gasteiger partial charge is 0.257 e. The molecule has 0 radical (unpaired) electrons. The van der Waals surface area contributed by atoms with Gasteiger partial charge in [0.25, 0.3) is 5.91 Å². The van der Waals surface area contributed by atoms with Gasteiger partial charge in [0.1, 0.15) is 0 Å². The van der Waals surface area contributed by atoms with Gasteiger partial charge < -0.3 is 5.32 Å². The molecule has 0 saturated heterocycles. The van der Waals surface area contributed by atoms with Crippen LogP contribution in [0.4, 0.5) is 5.69 Å². The normalized spacial score (nSPS) is 15.1. The number of nitrogens with one attached hydrogen (secondary N) is 2. The van der Waals surface area contributed by atoms with E-state index >= 15 is 0 Å². The molecular weight excluding hydrogens is 366 g/mol. The number of hydrogen-bond acceptors (Lipinski definition) is 3. The van der Waals surface area contributed by atoms with Gasteiger partial charge in [-0.1, -0.05) is 36.6 Å². The molecule has 0 aliphatic heterocycles. The lowest BCUT2D eigenvalue weighted by Gasteiger charge is -2.21. The molecule has 2 aromatic rings. The number of rotatable bonds is 3. The molecule has 2 N–H and O–H groups in total. The third-order valence-corrected chi connectivity index (χ3v) is 5.16. The fourth-order valence-electron chi connectivity index (χ4n) is 3.26. The minimum atomic E-state index is -0.359. The van der Waals surface area contributed by atoms with Crippen molar-refractivity contribution in [3.63, 3.8) is 0 Å².